The Bertz CT molecular complexity index is 630. The van der Waals surface area contributed by atoms with Crippen molar-refractivity contribution in [2.45, 2.75) is 0 Å². The lowest BCUT2D eigenvalue weighted by Gasteiger charge is -2.08. The zero-order valence-corrected chi connectivity index (χ0v) is 13.4. The van der Waals surface area contributed by atoms with E-state index in [1.165, 1.54) is 7.11 Å². The van der Waals surface area contributed by atoms with Crippen LogP contribution in [0, 0.1) is 3.70 Å². The van der Waals surface area contributed by atoms with Crippen LogP contribution in [0.5, 0.6) is 5.75 Å². The fraction of sp³-hybridized carbons (Fsp3) is 0.167. The number of carbonyl (C=O) groups excluding carboxylic acids is 1. The molecule has 0 amide bonds. The third-order valence-corrected chi connectivity index (χ3v) is 4.60. The van der Waals surface area contributed by atoms with Crippen LogP contribution in [0.15, 0.2) is 22.7 Å². The highest BCUT2D eigenvalue weighted by Crippen LogP contribution is 2.30. The minimum absolute atomic E-state index is 0.398. The number of rotatable bonds is 2. The van der Waals surface area contributed by atoms with E-state index in [-0.39, 0.29) is 0 Å². The van der Waals surface area contributed by atoms with Crippen LogP contribution in [0.4, 0.5) is 0 Å². The maximum absolute atomic E-state index is 11.6. The second-order valence-corrected chi connectivity index (χ2v) is 5.38. The molecule has 0 fully saturated rings. The van der Waals surface area contributed by atoms with Crippen LogP contribution in [-0.4, -0.2) is 25.2 Å². The molecule has 0 saturated carbocycles. The molecule has 1 aromatic heterocycles. The molecule has 0 radical (unpaired) electrons. The molecule has 2 aromatic rings. The Hall–Kier alpha value is -0.890. The standard InChI is InChI=1S/C12H9BrINO3/c1-17-9-5-7(12(16)18-2)3-6-4-8(13)11(14)15-10(6)9/h3-5H,1-2H3. The number of esters is 1. The molecule has 1 aromatic carbocycles. The average Bonchev–Trinajstić information content (AvgIpc) is 2.38. The van der Waals surface area contributed by atoms with Gasteiger partial charge in [0.15, 0.2) is 0 Å². The summed E-state index contributed by atoms with van der Waals surface area (Å²) in [7, 11) is 2.90. The van der Waals surface area contributed by atoms with Gasteiger partial charge in [-0.1, -0.05) is 0 Å². The zero-order valence-electron chi connectivity index (χ0n) is 9.66. The van der Waals surface area contributed by atoms with Crippen molar-refractivity contribution in [3.05, 3.63) is 31.9 Å². The fourth-order valence-corrected chi connectivity index (χ4v) is 2.33. The molecule has 4 nitrogen and oxygen atoms in total. The van der Waals surface area contributed by atoms with Gasteiger partial charge in [-0.05, 0) is 56.7 Å². The molecule has 0 spiro atoms. The summed E-state index contributed by atoms with van der Waals surface area (Å²) in [5.74, 6) is 0.156. The SMILES string of the molecule is COC(=O)c1cc(OC)c2nc(I)c(Br)cc2c1. The molecule has 2 rings (SSSR count). The van der Waals surface area contributed by atoms with Crippen molar-refractivity contribution in [1.29, 1.82) is 0 Å². The van der Waals surface area contributed by atoms with Crippen LogP contribution >= 0.6 is 38.5 Å². The Balaban J connectivity index is 2.75. The first kappa shape index (κ1) is 13.5. The Morgan fingerprint density at radius 3 is 2.67 bits per heavy atom. The van der Waals surface area contributed by atoms with Crippen molar-refractivity contribution in [3.8, 4) is 5.75 Å². The van der Waals surface area contributed by atoms with E-state index in [4.69, 9.17) is 9.47 Å². The van der Waals surface area contributed by atoms with Crippen molar-refractivity contribution in [2.24, 2.45) is 0 Å². The Labute approximate surface area is 126 Å². The number of nitrogens with zero attached hydrogens (tertiary/aromatic N) is 1. The maximum atomic E-state index is 11.6. The number of benzene rings is 1. The van der Waals surface area contributed by atoms with Gasteiger partial charge in [0, 0.05) is 5.39 Å². The molecule has 0 unspecified atom stereocenters. The van der Waals surface area contributed by atoms with E-state index in [9.17, 15) is 4.79 Å². The van der Waals surface area contributed by atoms with Crippen molar-refractivity contribution in [1.82, 2.24) is 4.98 Å². The van der Waals surface area contributed by atoms with Crippen LogP contribution in [0.1, 0.15) is 10.4 Å². The first-order valence-electron chi connectivity index (χ1n) is 4.99. The monoisotopic (exact) mass is 421 g/mol. The molecule has 0 saturated heterocycles. The van der Waals surface area contributed by atoms with Gasteiger partial charge in [-0.25, -0.2) is 9.78 Å². The lowest BCUT2D eigenvalue weighted by molar-refractivity contribution is 0.0600. The van der Waals surface area contributed by atoms with Crippen molar-refractivity contribution < 1.29 is 14.3 Å². The smallest absolute Gasteiger partial charge is 0.338 e. The third kappa shape index (κ3) is 2.44. The van der Waals surface area contributed by atoms with E-state index in [0.717, 1.165) is 19.1 Å². The highest BCUT2D eigenvalue weighted by atomic mass is 127. The quantitative estimate of drug-likeness (QED) is 0.423. The first-order valence-corrected chi connectivity index (χ1v) is 6.86. The van der Waals surface area contributed by atoms with Crippen LogP contribution < -0.4 is 4.74 Å². The van der Waals surface area contributed by atoms with Gasteiger partial charge in [-0.3, -0.25) is 0 Å². The predicted molar refractivity (Wildman–Crippen MR) is 80.1 cm³/mol. The van der Waals surface area contributed by atoms with E-state index in [1.807, 2.05) is 6.07 Å². The van der Waals surface area contributed by atoms with E-state index in [2.05, 4.69) is 43.5 Å². The number of methoxy groups -OCH3 is 2. The van der Waals surface area contributed by atoms with Gasteiger partial charge in [0.2, 0.25) is 0 Å². The van der Waals surface area contributed by atoms with E-state index < -0.39 is 5.97 Å². The summed E-state index contributed by atoms with van der Waals surface area (Å²) < 4.78 is 11.7. The Kier molecular flexibility index (Phi) is 4.06. The molecule has 6 heteroatoms. The van der Waals surface area contributed by atoms with E-state index in [0.29, 0.717) is 11.3 Å². The number of hydrogen-bond donors (Lipinski definition) is 0. The Morgan fingerprint density at radius 1 is 1.33 bits per heavy atom. The van der Waals surface area contributed by atoms with Crippen LogP contribution in [0.2, 0.25) is 0 Å². The molecule has 0 aliphatic rings. The number of ether oxygens (including phenoxy) is 2. The summed E-state index contributed by atoms with van der Waals surface area (Å²) in [6.45, 7) is 0. The minimum atomic E-state index is -0.398. The topological polar surface area (TPSA) is 48.4 Å². The van der Waals surface area contributed by atoms with Crippen molar-refractivity contribution in [3.63, 3.8) is 0 Å². The van der Waals surface area contributed by atoms with Gasteiger partial charge in [0.25, 0.3) is 0 Å². The molecule has 0 aliphatic heterocycles. The largest absolute Gasteiger partial charge is 0.494 e. The molecule has 0 atom stereocenters. The number of fused-ring (bicyclic) bond motifs is 1. The lowest BCUT2D eigenvalue weighted by atomic mass is 10.1. The predicted octanol–water partition coefficient (Wildman–Crippen LogP) is 3.40. The third-order valence-electron chi connectivity index (χ3n) is 2.43. The number of carbonyl (C=O) groups is 1. The normalized spacial score (nSPS) is 10.4. The van der Waals surface area contributed by atoms with E-state index >= 15 is 0 Å². The summed E-state index contributed by atoms with van der Waals surface area (Å²) in [5, 5.41) is 0.821. The maximum Gasteiger partial charge on any atom is 0.338 e. The molecular formula is C12H9BrINO3. The van der Waals surface area contributed by atoms with Crippen molar-refractivity contribution >= 4 is 55.4 Å². The zero-order chi connectivity index (χ0) is 13.3. The molecule has 0 bridgehead atoms. The first-order chi connectivity index (χ1) is 8.56. The Morgan fingerprint density at radius 2 is 2.06 bits per heavy atom. The highest BCUT2D eigenvalue weighted by molar-refractivity contribution is 14.1. The number of halogens is 2. The van der Waals surface area contributed by atoms with Gasteiger partial charge >= 0.3 is 5.97 Å². The van der Waals surface area contributed by atoms with Gasteiger partial charge < -0.3 is 9.47 Å². The summed E-state index contributed by atoms with van der Waals surface area (Å²) in [5.41, 5.74) is 1.16. The van der Waals surface area contributed by atoms with Gasteiger partial charge in [-0.2, -0.15) is 0 Å². The molecule has 94 valence electrons. The molecule has 0 aliphatic carbocycles. The fourth-order valence-electron chi connectivity index (χ4n) is 1.60. The summed E-state index contributed by atoms with van der Waals surface area (Å²) >= 11 is 5.54. The van der Waals surface area contributed by atoms with Crippen LogP contribution in [0.3, 0.4) is 0 Å². The van der Waals surface area contributed by atoms with Gasteiger partial charge in [0.1, 0.15) is 15.0 Å². The minimum Gasteiger partial charge on any atom is -0.494 e. The summed E-state index contributed by atoms with van der Waals surface area (Å²) in [6.07, 6.45) is 0. The molecular weight excluding hydrogens is 413 g/mol. The van der Waals surface area contributed by atoms with Gasteiger partial charge in [0.05, 0.1) is 24.3 Å². The van der Waals surface area contributed by atoms with Crippen LogP contribution in [-0.2, 0) is 4.74 Å². The van der Waals surface area contributed by atoms with Crippen LogP contribution in [0.25, 0.3) is 10.9 Å². The number of hydrogen-bond acceptors (Lipinski definition) is 4. The second-order valence-electron chi connectivity index (χ2n) is 3.50. The van der Waals surface area contributed by atoms with E-state index in [1.54, 1.807) is 19.2 Å². The van der Waals surface area contributed by atoms with Crippen molar-refractivity contribution in [2.75, 3.05) is 14.2 Å². The summed E-state index contributed by atoms with van der Waals surface area (Å²) in [6, 6.07) is 5.27. The highest BCUT2D eigenvalue weighted by Gasteiger charge is 2.13. The molecule has 1 heterocycles. The number of aromatic nitrogens is 1. The lowest BCUT2D eigenvalue weighted by Crippen LogP contribution is -2.02. The molecule has 18 heavy (non-hydrogen) atoms. The number of pyridine rings is 1. The summed E-state index contributed by atoms with van der Waals surface area (Å²) in [4.78, 5) is 16.0. The molecule has 0 N–H and O–H groups in total. The van der Waals surface area contributed by atoms with Gasteiger partial charge in [-0.15, -0.1) is 0 Å². The average molecular weight is 422 g/mol. The second kappa shape index (κ2) is 5.40.